The lowest BCUT2D eigenvalue weighted by Crippen LogP contribution is -2.29. The molecule has 16 heavy (non-hydrogen) atoms. The monoisotopic (exact) mass is 218 g/mol. The molecule has 0 bridgehead atoms. The van der Waals surface area contributed by atoms with E-state index in [4.69, 9.17) is 0 Å². The summed E-state index contributed by atoms with van der Waals surface area (Å²) in [4.78, 5) is 2.40. The average Bonchev–Trinajstić information content (AvgIpc) is 3.07. The van der Waals surface area contributed by atoms with Gasteiger partial charge in [-0.3, -0.25) is 0 Å². The molecule has 1 aliphatic heterocycles. The fraction of sp³-hybridized carbons (Fsp3) is 0.667. The van der Waals surface area contributed by atoms with Gasteiger partial charge < -0.3 is 10.2 Å². The highest BCUT2D eigenvalue weighted by atomic mass is 15.2. The first-order chi connectivity index (χ1) is 7.86. The van der Waals surface area contributed by atoms with Crippen LogP contribution in [0.5, 0.6) is 0 Å². The highest BCUT2D eigenvalue weighted by molar-refractivity contribution is 5.47. The lowest BCUT2D eigenvalue weighted by Gasteiger charge is -2.18. The van der Waals surface area contributed by atoms with Crippen molar-refractivity contribution < 1.29 is 0 Å². The van der Waals surface area contributed by atoms with Gasteiger partial charge in [0.25, 0.3) is 0 Å². The maximum absolute atomic E-state index is 4.22. The Morgan fingerprint density at radius 1 is 1.38 bits per heavy atom. The second kappa shape index (κ2) is 4.01. The number of hydrogen-bond donors (Lipinski definition) is 1. The van der Waals surface area contributed by atoms with Gasteiger partial charge in [0, 0.05) is 25.0 Å². The minimum absolute atomic E-state index is 0.623. The molecule has 1 atom stereocenters. The van der Waals surface area contributed by atoms with Crippen LogP contribution in [-0.2, 0) is 0 Å². The molecule has 0 amide bonds. The molecule has 1 aromatic heterocycles. The predicted octanol–water partition coefficient (Wildman–Crippen LogP) is 1.15. The Hall–Kier alpha value is -1.16. The van der Waals surface area contributed by atoms with Crippen molar-refractivity contribution in [3.63, 3.8) is 0 Å². The summed E-state index contributed by atoms with van der Waals surface area (Å²) in [5, 5.41) is 11.7. The molecule has 0 unspecified atom stereocenters. The third kappa shape index (κ3) is 1.89. The van der Waals surface area contributed by atoms with Gasteiger partial charge in [-0.05, 0) is 32.4 Å². The number of likely N-dealkylation sites (N-methyl/N-ethyl adjacent to an activating group) is 1. The summed E-state index contributed by atoms with van der Waals surface area (Å²) in [7, 11) is 2.04. The molecule has 0 spiro atoms. The zero-order valence-electron chi connectivity index (χ0n) is 9.69. The van der Waals surface area contributed by atoms with E-state index in [9.17, 15) is 0 Å². The fourth-order valence-corrected chi connectivity index (χ4v) is 2.35. The molecule has 0 aromatic carbocycles. The van der Waals surface area contributed by atoms with Crippen LogP contribution in [0, 0.1) is 0 Å². The number of aromatic nitrogens is 2. The Balaban J connectivity index is 1.76. The van der Waals surface area contributed by atoms with Crippen molar-refractivity contribution in [2.75, 3.05) is 25.0 Å². The zero-order chi connectivity index (χ0) is 11.0. The zero-order valence-corrected chi connectivity index (χ0v) is 9.69. The van der Waals surface area contributed by atoms with Crippen molar-refractivity contribution >= 4 is 5.69 Å². The summed E-state index contributed by atoms with van der Waals surface area (Å²) in [5.74, 6) is 0.690. The van der Waals surface area contributed by atoms with Crippen LogP contribution in [0.3, 0.4) is 0 Å². The molecule has 86 valence electrons. The van der Waals surface area contributed by atoms with Crippen LogP contribution in [0.1, 0.15) is 30.9 Å². The highest BCUT2D eigenvalue weighted by Crippen LogP contribution is 2.39. The van der Waals surface area contributed by atoms with Crippen molar-refractivity contribution in [2.45, 2.75) is 31.2 Å². The Bertz CT molecular complexity index is 375. The Labute approximate surface area is 96.1 Å². The largest absolute Gasteiger partial charge is 0.369 e. The molecule has 3 rings (SSSR count). The van der Waals surface area contributed by atoms with E-state index < -0.39 is 0 Å². The van der Waals surface area contributed by atoms with E-state index in [1.165, 1.54) is 30.6 Å². The van der Waals surface area contributed by atoms with E-state index in [-0.39, 0.29) is 0 Å². The average molecular weight is 218 g/mol. The molecule has 2 heterocycles. The van der Waals surface area contributed by atoms with E-state index >= 15 is 0 Å². The van der Waals surface area contributed by atoms with Gasteiger partial charge in [0.15, 0.2) is 0 Å². The molecule has 2 fully saturated rings. The normalized spacial score (nSPS) is 25.1. The standard InChI is InChI=1S/C12H18N4/c1-13-10-4-5-16(8-10)11-6-12(9-2-3-9)15-14-7-11/h6-7,9-10,13H,2-5,8H2,1H3/t10-/m1/s1. The van der Waals surface area contributed by atoms with Crippen LogP contribution < -0.4 is 10.2 Å². The maximum Gasteiger partial charge on any atom is 0.0730 e. The van der Waals surface area contributed by atoms with Crippen LogP contribution in [0.4, 0.5) is 5.69 Å². The Morgan fingerprint density at radius 2 is 2.25 bits per heavy atom. The van der Waals surface area contributed by atoms with E-state index in [1.807, 2.05) is 13.2 Å². The van der Waals surface area contributed by atoms with Gasteiger partial charge in [-0.2, -0.15) is 10.2 Å². The van der Waals surface area contributed by atoms with Gasteiger partial charge in [-0.25, -0.2) is 0 Å². The SMILES string of the molecule is CN[C@@H]1CCN(c2cnnc(C3CC3)c2)C1. The molecule has 1 saturated carbocycles. The smallest absolute Gasteiger partial charge is 0.0730 e. The van der Waals surface area contributed by atoms with Gasteiger partial charge in [0.2, 0.25) is 0 Å². The molecule has 4 nitrogen and oxygen atoms in total. The van der Waals surface area contributed by atoms with Crippen molar-refractivity contribution in [2.24, 2.45) is 0 Å². The molecule has 1 aliphatic carbocycles. The fourth-order valence-electron chi connectivity index (χ4n) is 2.35. The van der Waals surface area contributed by atoms with E-state index in [0.29, 0.717) is 12.0 Å². The quantitative estimate of drug-likeness (QED) is 0.826. The number of anilines is 1. The second-order valence-electron chi connectivity index (χ2n) is 4.83. The molecule has 0 radical (unpaired) electrons. The summed E-state index contributed by atoms with van der Waals surface area (Å²) in [6, 6.07) is 2.85. The Kier molecular flexibility index (Phi) is 2.52. The van der Waals surface area contributed by atoms with Crippen molar-refractivity contribution in [1.82, 2.24) is 15.5 Å². The van der Waals surface area contributed by atoms with Gasteiger partial charge in [-0.1, -0.05) is 0 Å². The Morgan fingerprint density at radius 3 is 2.94 bits per heavy atom. The number of rotatable bonds is 3. The molecule has 2 aliphatic rings. The van der Waals surface area contributed by atoms with Gasteiger partial charge in [0.05, 0.1) is 17.6 Å². The van der Waals surface area contributed by atoms with Crippen LogP contribution in [0.15, 0.2) is 12.3 Å². The summed E-state index contributed by atoms with van der Waals surface area (Å²) in [6.45, 7) is 2.22. The van der Waals surface area contributed by atoms with Crippen molar-refractivity contribution in [3.8, 4) is 0 Å². The second-order valence-corrected chi connectivity index (χ2v) is 4.83. The van der Waals surface area contributed by atoms with Crippen LogP contribution >= 0.6 is 0 Å². The summed E-state index contributed by atoms with van der Waals surface area (Å²) in [6.07, 6.45) is 5.69. The number of nitrogens with one attached hydrogen (secondary N) is 1. The number of nitrogens with zero attached hydrogens (tertiary/aromatic N) is 3. The van der Waals surface area contributed by atoms with Gasteiger partial charge in [-0.15, -0.1) is 0 Å². The predicted molar refractivity (Wildman–Crippen MR) is 63.7 cm³/mol. The van der Waals surface area contributed by atoms with Crippen LogP contribution in [0.25, 0.3) is 0 Å². The summed E-state index contributed by atoms with van der Waals surface area (Å²) >= 11 is 0. The number of hydrogen-bond acceptors (Lipinski definition) is 4. The maximum atomic E-state index is 4.22. The first kappa shape index (κ1) is 10.0. The lowest BCUT2D eigenvalue weighted by atomic mass is 10.2. The highest BCUT2D eigenvalue weighted by Gasteiger charge is 2.27. The molecule has 4 heteroatoms. The minimum Gasteiger partial charge on any atom is -0.369 e. The van der Waals surface area contributed by atoms with Gasteiger partial charge in [0.1, 0.15) is 0 Å². The lowest BCUT2D eigenvalue weighted by molar-refractivity contribution is 0.617. The summed E-state index contributed by atoms with van der Waals surface area (Å²) in [5.41, 5.74) is 2.43. The van der Waals surface area contributed by atoms with E-state index in [0.717, 1.165) is 13.1 Å². The first-order valence-electron chi connectivity index (χ1n) is 6.11. The molecule has 1 saturated heterocycles. The molecule has 1 N–H and O–H groups in total. The van der Waals surface area contributed by atoms with Crippen LogP contribution in [-0.4, -0.2) is 36.4 Å². The van der Waals surface area contributed by atoms with Crippen molar-refractivity contribution in [3.05, 3.63) is 18.0 Å². The van der Waals surface area contributed by atoms with Crippen molar-refractivity contribution in [1.29, 1.82) is 0 Å². The minimum atomic E-state index is 0.623. The third-order valence-electron chi connectivity index (χ3n) is 3.62. The molecular formula is C12H18N4. The summed E-state index contributed by atoms with van der Waals surface area (Å²) < 4.78 is 0. The third-order valence-corrected chi connectivity index (χ3v) is 3.62. The van der Waals surface area contributed by atoms with E-state index in [2.05, 4.69) is 26.5 Å². The molecule has 1 aromatic rings. The first-order valence-corrected chi connectivity index (χ1v) is 6.11. The molecular weight excluding hydrogens is 200 g/mol. The van der Waals surface area contributed by atoms with Gasteiger partial charge >= 0.3 is 0 Å². The van der Waals surface area contributed by atoms with Crippen LogP contribution in [0.2, 0.25) is 0 Å². The topological polar surface area (TPSA) is 41.0 Å². The van der Waals surface area contributed by atoms with E-state index in [1.54, 1.807) is 0 Å².